The van der Waals surface area contributed by atoms with Crippen LogP contribution in [-0.2, 0) is 9.53 Å². The molecule has 2 rings (SSSR count). The van der Waals surface area contributed by atoms with E-state index in [2.05, 4.69) is 4.90 Å². The van der Waals surface area contributed by atoms with Crippen molar-refractivity contribution in [2.24, 2.45) is 11.1 Å². The number of esters is 1. The lowest BCUT2D eigenvalue weighted by Gasteiger charge is -2.44. The minimum Gasteiger partial charge on any atom is -0.468 e. The summed E-state index contributed by atoms with van der Waals surface area (Å²) >= 11 is 0. The van der Waals surface area contributed by atoms with Gasteiger partial charge in [-0.15, -0.1) is 0 Å². The fourth-order valence-electron chi connectivity index (χ4n) is 3.78. The summed E-state index contributed by atoms with van der Waals surface area (Å²) in [5, 5.41) is 0. The molecule has 2 aliphatic rings. The molecular weight excluding hydrogens is 252 g/mol. The van der Waals surface area contributed by atoms with Crippen molar-refractivity contribution in [2.75, 3.05) is 26.7 Å². The minimum absolute atomic E-state index is 0.307. The Morgan fingerprint density at radius 1 is 1.20 bits per heavy atom. The third-order valence-corrected chi connectivity index (χ3v) is 5.43. The molecule has 4 heteroatoms. The van der Waals surface area contributed by atoms with Gasteiger partial charge in [0.2, 0.25) is 0 Å². The highest BCUT2D eigenvalue weighted by Gasteiger charge is 2.36. The van der Waals surface area contributed by atoms with Crippen molar-refractivity contribution in [3.8, 4) is 0 Å². The fraction of sp³-hybridized carbons (Fsp3) is 0.938. The normalized spacial score (nSPS) is 26.1. The summed E-state index contributed by atoms with van der Waals surface area (Å²) in [6.07, 6.45) is 10.4. The average Bonchev–Trinajstić information content (AvgIpc) is 2.47. The first-order valence-corrected chi connectivity index (χ1v) is 8.07. The molecule has 2 fully saturated rings. The van der Waals surface area contributed by atoms with Crippen LogP contribution in [0, 0.1) is 5.41 Å². The van der Waals surface area contributed by atoms with Crippen molar-refractivity contribution >= 4 is 5.97 Å². The second kappa shape index (κ2) is 6.44. The molecule has 1 aliphatic carbocycles. The highest BCUT2D eigenvalue weighted by atomic mass is 16.5. The third-order valence-electron chi connectivity index (χ3n) is 5.43. The van der Waals surface area contributed by atoms with Gasteiger partial charge in [-0.3, -0.25) is 4.79 Å². The predicted molar refractivity (Wildman–Crippen MR) is 80.4 cm³/mol. The smallest absolute Gasteiger partial charge is 0.325 e. The van der Waals surface area contributed by atoms with E-state index in [0.717, 1.165) is 19.6 Å². The first-order chi connectivity index (χ1) is 9.47. The van der Waals surface area contributed by atoms with Crippen molar-refractivity contribution in [1.82, 2.24) is 4.90 Å². The van der Waals surface area contributed by atoms with Crippen LogP contribution in [0.25, 0.3) is 0 Å². The van der Waals surface area contributed by atoms with Crippen LogP contribution in [0.3, 0.4) is 0 Å². The van der Waals surface area contributed by atoms with E-state index in [1.54, 1.807) is 6.92 Å². The van der Waals surface area contributed by atoms with Crippen LogP contribution < -0.4 is 5.73 Å². The molecule has 2 N–H and O–H groups in total. The van der Waals surface area contributed by atoms with Crippen LogP contribution in [0.1, 0.15) is 58.3 Å². The molecule has 1 atom stereocenters. The topological polar surface area (TPSA) is 55.6 Å². The van der Waals surface area contributed by atoms with E-state index in [1.807, 2.05) is 0 Å². The zero-order chi connectivity index (χ0) is 14.6. The number of carbonyl (C=O) groups is 1. The van der Waals surface area contributed by atoms with Gasteiger partial charge in [0.05, 0.1) is 7.11 Å². The van der Waals surface area contributed by atoms with E-state index >= 15 is 0 Å². The summed E-state index contributed by atoms with van der Waals surface area (Å²) in [5.74, 6) is -0.307. The van der Waals surface area contributed by atoms with Gasteiger partial charge in [0.25, 0.3) is 0 Å². The van der Waals surface area contributed by atoms with Gasteiger partial charge in [0.15, 0.2) is 0 Å². The third kappa shape index (κ3) is 3.73. The number of piperidine rings is 1. The van der Waals surface area contributed by atoms with Gasteiger partial charge in [-0.05, 0) is 57.5 Å². The summed E-state index contributed by atoms with van der Waals surface area (Å²) < 4.78 is 4.76. The van der Waals surface area contributed by atoms with Gasteiger partial charge in [0.1, 0.15) is 5.54 Å². The van der Waals surface area contributed by atoms with Gasteiger partial charge in [-0.2, -0.15) is 0 Å². The van der Waals surface area contributed by atoms with Gasteiger partial charge in [0, 0.05) is 6.54 Å². The second-order valence-electron chi connectivity index (χ2n) is 7.06. The number of nitrogens with zero attached hydrogens (tertiary/aromatic N) is 1. The first kappa shape index (κ1) is 15.8. The van der Waals surface area contributed by atoms with E-state index < -0.39 is 5.54 Å². The number of hydrogen-bond acceptors (Lipinski definition) is 4. The molecule has 1 unspecified atom stereocenters. The number of ether oxygens (including phenoxy) is 1. The average molecular weight is 282 g/mol. The first-order valence-electron chi connectivity index (χ1n) is 8.07. The largest absolute Gasteiger partial charge is 0.468 e. The Balaban J connectivity index is 1.76. The predicted octanol–water partition coefficient (Wildman–Crippen LogP) is 2.31. The summed E-state index contributed by atoms with van der Waals surface area (Å²) in [6.45, 7) is 5.00. The number of nitrogens with two attached hydrogens (primary N) is 1. The van der Waals surface area contributed by atoms with Crippen LogP contribution in [0.5, 0.6) is 0 Å². The molecule has 1 heterocycles. The maximum absolute atomic E-state index is 11.6. The highest BCUT2D eigenvalue weighted by molar-refractivity contribution is 5.79. The van der Waals surface area contributed by atoms with E-state index in [-0.39, 0.29) is 5.97 Å². The van der Waals surface area contributed by atoms with Gasteiger partial charge >= 0.3 is 5.97 Å². The van der Waals surface area contributed by atoms with E-state index in [0.29, 0.717) is 11.8 Å². The Morgan fingerprint density at radius 3 is 2.35 bits per heavy atom. The SMILES string of the molecule is COC(=O)C(C)(N)CCN1CCC2(CCCCC2)CC1. The molecule has 1 saturated carbocycles. The molecule has 0 aromatic rings. The van der Waals surface area contributed by atoms with Gasteiger partial charge in [-0.25, -0.2) is 0 Å². The molecule has 0 bridgehead atoms. The number of carbonyl (C=O) groups excluding carboxylic acids is 1. The lowest BCUT2D eigenvalue weighted by atomic mass is 9.68. The number of rotatable bonds is 4. The van der Waals surface area contributed by atoms with E-state index in [9.17, 15) is 4.79 Å². The molecule has 0 radical (unpaired) electrons. The van der Waals surface area contributed by atoms with Gasteiger partial charge < -0.3 is 15.4 Å². The van der Waals surface area contributed by atoms with Crippen LogP contribution in [0.15, 0.2) is 0 Å². The molecule has 1 saturated heterocycles. The molecule has 0 aromatic carbocycles. The highest BCUT2D eigenvalue weighted by Crippen LogP contribution is 2.44. The quantitative estimate of drug-likeness (QED) is 0.804. The Bertz CT molecular complexity index is 325. The Labute approximate surface area is 123 Å². The number of methoxy groups -OCH3 is 1. The fourth-order valence-corrected chi connectivity index (χ4v) is 3.78. The monoisotopic (exact) mass is 282 g/mol. The lowest BCUT2D eigenvalue weighted by Crippen LogP contribution is -2.49. The maximum atomic E-state index is 11.6. The molecular formula is C16H30N2O2. The van der Waals surface area contributed by atoms with Crippen LogP contribution >= 0.6 is 0 Å². The summed E-state index contributed by atoms with van der Waals surface area (Å²) in [5.41, 5.74) is 5.81. The molecule has 1 spiro atoms. The zero-order valence-corrected chi connectivity index (χ0v) is 13.1. The van der Waals surface area contributed by atoms with Crippen molar-refractivity contribution in [1.29, 1.82) is 0 Å². The Morgan fingerprint density at radius 2 is 1.80 bits per heavy atom. The minimum atomic E-state index is -0.852. The standard InChI is InChI=1S/C16H30N2O2/c1-15(17,14(19)20-2)8-11-18-12-9-16(10-13-18)6-4-3-5-7-16/h3-13,17H2,1-2H3. The maximum Gasteiger partial charge on any atom is 0.325 e. The second-order valence-corrected chi connectivity index (χ2v) is 7.06. The Kier molecular flexibility index (Phi) is 5.08. The molecule has 116 valence electrons. The van der Waals surface area contributed by atoms with Crippen LogP contribution in [0.4, 0.5) is 0 Å². The van der Waals surface area contributed by atoms with Crippen molar-refractivity contribution < 1.29 is 9.53 Å². The van der Waals surface area contributed by atoms with Gasteiger partial charge in [-0.1, -0.05) is 19.3 Å². The van der Waals surface area contributed by atoms with Crippen LogP contribution in [-0.4, -0.2) is 43.2 Å². The molecule has 0 amide bonds. The van der Waals surface area contributed by atoms with E-state index in [4.69, 9.17) is 10.5 Å². The van der Waals surface area contributed by atoms with E-state index in [1.165, 1.54) is 52.1 Å². The van der Waals surface area contributed by atoms with Crippen LogP contribution in [0.2, 0.25) is 0 Å². The van der Waals surface area contributed by atoms with Crippen molar-refractivity contribution in [3.63, 3.8) is 0 Å². The summed E-state index contributed by atoms with van der Waals surface area (Å²) in [7, 11) is 1.40. The molecule has 20 heavy (non-hydrogen) atoms. The zero-order valence-electron chi connectivity index (χ0n) is 13.1. The Hall–Kier alpha value is -0.610. The number of likely N-dealkylation sites (tertiary alicyclic amines) is 1. The summed E-state index contributed by atoms with van der Waals surface area (Å²) in [6, 6.07) is 0. The summed E-state index contributed by atoms with van der Waals surface area (Å²) in [4.78, 5) is 14.0. The molecule has 0 aromatic heterocycles. The lowest BCUT2D eigenvalue weighted by molar-refractivity contribution is -0.146. The molecule has 4 nitrogen and oxygen atoms in total. The van der Waals surface area contributed by atoms with Crippen molar-refractivity contribution in [2.45, 2.75) is 63.8 Å². The molecule has 1 aliphatic heterocycles. The van der Waals surface area contributed by atoms with Crippen molar-refractivity contribution in [3.05, 3.63) is 0 Å². The number of hydrogen-bond donors (Lipinski definition) is 1.